The Bertz CT molecular complexity index is 290. The van der Waals surface area contributed by atoms with Gasteiger partial charge in [-0.1, -0.05) is 17.7 Å². The molecule has 1 aromatic rings. The van der Waals surface area contributed by atoms with Gasteiger partial charge in [-0.25, -0.2) is 0 Å². The average molecular weight is 188 g/mol. The maximum Gasteiger partial charge on any atom is 0.344 e. The molecule has 64 valence electrons. The van der Waals surface area contributed by atoms with Crippen molar-refractivity contribution >= 4 is 11.6 Å². The van der Waals surface area contributed by atoms with Crippen molar-refractivity contribution in [2.45, 2.75) is 0 Å². The van der Waals surface area contributed by atoms with Crippen LogP contribution in [0.2, 0.25) is 5.02 Å². The van der Waals surface area contributed by atoms with Crippen molar-refractivity contribution in [2.24, 2.45) is 0 Å². The van der Waals surface area contributed by atoms with E-state index in [1.54, 1.807) is 18.2 Å². The lowest BCUT2D eigenvalue weighted by atomic mass is 10.3. The maximum atomic E-state index is 9.91. The quantitative estimate of drug-likeness (QED) is 0.413. The summed E-state index contributed by atoms with van der Waals surface area (Å²) in [5.74, 6) is 0.402. The van der Waals surface area contributed by atoms with E-state index >= 15 is 0 Å². The first kappa shape index (κ1) is 8.80. The number of halogens is 1. The van der Waals surface area contributed by atoms with Crippen molar-refractivity contribution in [3.05, 3.63) is 39.4 Å². The Morgan fingerprint density at radius 3 is 2.92 bits per heavy atom. The molecule has 4 nitrogen and oxygen atoms in total. The van der Waals surface area contributed by atoms with Gasteiger partial charge in [-0.3, -0.25) is 10.1 Å². The smallest absolute Gasteiger partial charge is 0.344 e. The van der Waals surface area contributed by atoms with Crippen LogP contribution in [0.3, 0.4) is 0 Å². The Morgan fingerprint density at radius 2 is 2.33 bits per heavy atom. The molecule has 0 aliphatic heterocycles. The molecule has 0 saturated carbocycles. The van der Waals surface area contributed by atoms with Crippen LogP contribution in [0.5, 0.6) is 5.75 Å². The summed E-state index contributed by atoms with van der Waals surface area (Å²) in [4.78, 5) is 9.35. The van der Waals surface area contributed by atoms with Crippen molar-refractivity contribution in [3.63, 3.8) is 0 Å². The van der Waals surface area contributed by atoms with E-state index in [-0.39, 0.29) is 0 Å². The van der Waals surface area contributed by atoms with E-state index in [2.05, 4.69) is 0 Å². The molecule has 0 heterocycles. The van der Waals surface area contributed by atoms with E-state index in [1.165, 1.54) is 6.07 Å². The Balaban J connectivity index is 2.57. The second-order valence-electron chi connectivity index (χ2n) is 2.06. The highest BCUT2D eigenvalue weighted by Gasteiger charge is 1.98. The Morgan fingerprint density at radius 1 is 1.58 bits per heavy atom. The molecular formula is C7H6ClNO3. The van der Waals surface area contributed by atoms with Crippen LogP contribution in [0, 0.1) is 10.1 Å². The highest BCUT2D eigenvalue weighted by molar-refractivity contribution is 6.30. The van der Waals surface area contributed by atoms with Gasteiger partial charge in [0.25, 0.3) is 0 Å². The minimum absolute atomic E-state index is 0.402. The monoisotopic (exact) mass is 187 g/mol. The number of nitrogens with zero attached hydrogens (tertiary/aromatic N) is 1. The predicted molar refractivity (Wildman–Crippen MR) is 43.9 cm³/mol. The van der Waals surface area contributed by atoms with Gasteiger partial charge in [0.2, 0.25) is 0 Å². The number of rotatable bonds is 3. The van der Waals surface area contributed by atoms with Gasteiger partial charge < -0.3 is 4.74 Å². The van der Waals surface area contributed by atoms with E-state index in [1.807, 2.05) is 0 Å². The summed E-state index contributed by atoms with van der Waals surface area (Å²) >= 11 is 5.61. The van der Waals surface area contributed by atoms with E-state index in [0.717, 1.165) is 0 Å². The lowest BCUT2D eigenvalue weighted by molar-refractivity contribution is -0.514. The van der Waals surface area contributed by atoms with E-state index in [0.29, 0.717) is 10.8 Å². The van der Waals surface area contributed by atoms with E-state index < -0.39 is 11.7 Å². The van der Waals surface area contributed by atoms with Crippen molar-refractivity contribution in [2.75, 3.05) is 6.73 Å². The number of nitro groups is 1. The van der Waals surface area contributed by atoms with Gasteiger partial charge in [0.15, 0.2) is 0 Å². The van der Waals surface area contributed by atoms with Crippen LogP contribution < -0.4 is 4.74 Å². The molecule has 1 rings (SSSR count). The zero-order chi connectivity index (χ0) is 8.97. The lowest BCUT2D eigenvalue weighted by Crippen LogP contribution is -2.07. The molecule has 0 amide bonds. The van der Waals surface area contributed by atoms with Crippen LogP contribution >= 0.6 is 11.6 Å². The van der Waals surface area contributed by atoms with Gasteiger partial charge in [0, 0.05) is 5.02 Å². The van der Waals surface area contributed by atoms with Crippen molar-refractivity contribution in [1.82, 2.24) is 0 Å². The third kappa shape index (κ3) is 2.75. The zero-order valence-electron chi connectivity index (χ0n) is 6.07. The first-order valence-electron chi connectivity index (χ1n) is 3.18. The summed E-state index contributed by atoms with van der Waals surface area (Å²) in [6, 6.07) is 6.46. The SMILES string of the molecule is O=[N+]([O-])COc1cccc(Cl)c1. The number of hydrogen-bond acceptors (Lipinski definition) is 3. The summed E-state index contributed by atoms with van der Waals surface area (Å²) < 4.78 is 4.76. The topological polar surface area (TPSA) is 52.4 Å². The predicted octanol–water partition coefficient (Wildman–Crippen LogP) is 1.95. The molecular weight excluding hydrogens is 182 g/mol. The third-order valence-electron chi connectivity index (χ3n) is 1.13. The minimum Gasteiger partial charge on any atom is -0.432 e. The molecule has 0 unspecified atom stereocenters. The van der Waals surface area contributed by atoms with Crippen LogP contribution in [0.4, 0.5) is 0 Å². The standard InChI is InChI=1S/C7H6ClNO3/c8-6-2-1-3-7(4-6)12-5-9(10)11/h1-4H,5H2. The summed E-state index contributed by atoms with van der Waals surface area (Å²) in [5, 5.41) is 10.4. The van der Waals surface area contributed by atoms with Crippen molar-refractivity contribution in [3.8, 4) is 5.75 Å². The van der Waals surface area contributed by atoms with Gasteiger partial charge >= 0.3 is 6.73 Å². The van der Waals surface area contributed by atoms with Gasteiger partial charge in [-0.15, -0.1) is 0 Å². The van der Waals surface area contributed by atoms with E-state index in [4.69, 9.17) is 16.3 Å². The molecule has 5 heteroatoms. The first-order valence-corrected chi connectivity index (χ1v) is 3.56. The highest BCUT2D eigenvalue weighted by Crippen LogP contribution is 2.16. The van der Waals surface area contributed by atoms with Crippen LogP contribution in [0.25, 0.3) is 0 Å². The summed E-state index contributed by atoms with van der Waals surface area (Å²) in [7, 11) is 0. The molecule has 0 aromatic heterocycles. The van der Waals surface area contributed by atoms with Crippen LogP contribution in [0.15, 0.2) is 24.3 Å². The molecule has 0 fully saturated rings. The second kappa shape index (κ2) is 3.92. The van der Waals surface area contributed by atoms with Gasteiger partial charge in [0.1, 0.15) is 5.75 Å². The number of ether oxygens (including phenoxy) is 1. The average Bonchev–Trinajstić information content (AvgIpc) is 2.01. The van der Waals surface area contributed by atoms with Crippen molar-refractivity contribution < 1.29 is 9.66 Å². The Labute approximate surface area is 73.9 Å². The summed E-state index contributed by atoms with van der Waals surface area (Å²) in [6.07, 6.45) is 0. The third-order valence-corrected chi connectivity index (χ3v) is 1.37. The fourth-order valence-corrected chi connectivity index (χ4v) is 0.864. The molecule has 0 radical (unpaired) electrons. The Hall–Kier alpha value is -1.29. The Kier molecular flexibility index (Phi) is 2.88. The molecule has 0 N–H and O–H groups in total. The van der Waals surface area contributed by atoms with E-state index in [9.17, 15) is 10.1 Å². The first-order chi connectivity index (χ1) is 5.68. The lowest BCUT2D eigenvalue weighted by Gasteiger charge is -1.99. The fourth-order valence-electron chi connectivity index (χ4n) is 0.684. The molecule has 1 aromatic carbocycles. The van der Waals surface area contributed by atoms with Crippen LogP contribution in [-0.2, 0) is 0 Å². The normalized spacial score (nSPS) is 9.42. The summed E-state index contributed by atoms with van der Waals surface area (Å²) in [5.41, 5.74) is 0. The van der Waals surface area contributed by atoms with Crippen molar-refractivity contribution in [1.29, 1.82) is 0 Å². The maximum absolute atomic E-state index is 9.91. The zero-order valence-corrected chi connectivity index (χ0v) is 6.82. The summed E-state index contributed by atoms with van der Waals surface area (Å²) in [6.45, 7) is -0.541. The van der Waals surface area contributed by atoms with Gasteiger partial charge in [-0.05, 0) is 18.2 Å². The number of benzene rings is 1. The molecule has 0 spiro atoms. The fraction of sp³-hybridized carbons (Fsp3) is 0.143. The highest BCUT2D eigenvalue weighted by atomic mass is 35.5. The minimum atomic E-state index is -0.555. The van der Waals surface area contributed by atoms with Gasteiger partial charge in [-0.2, -0.15) is 0 Å². The molecule has 0 atom stereocenters. The molecule has 0 aliphatic rings. The molecule has 0 saturated heterocycles. The van der Waals surface area contributed by atoms with Crippen LogP contribution in [0.1, 0.15) is 0 Å². The molecule has 0 bridgehead atoms. The number of hydrogen-bond donors (Lipinski definition) is 0. The molecule has 0 aliphatic carbocycles. The largest absolute Gasteiger partial charge is 0.432 e. The molecule has 12 heavy (non-hydrogen) atoms. The van der Waals surface area contributed by atoms with Gasteiger partial charge in [0.05, 0.1) is 4.92 Å². The second-order valence-corrected chi connectivity index (χ2v) is 2.50. The van der Waals surface area contributed by atoms with Crippen LogP contribution in [-0.4, -0.2) is 11.7 Å².